The second-order valence-electron chi connectivity index (χ2n) is 7.87. The molecule has 0 spiro atoms. The number of piperidine rings is 1. The maximum absolute atomic E-state index is 13.0. The average Bonchev–Trinajstić information content (AvgIpc) is 3.48. The minimum atomic E-state index is -0.812. The zero-order valence-corrected chi connectivity index (χ0v) is 19.7. The van der Waals surface area contributed by atoms with Gasteiger partial charge in [0.1, 0.15) is 17.1 Å². The molecule has 0 unspecified atom stereocenters. The van der Waals surface area contributed by atoms with Crippen LogP contribution in [-0.2, 0) is 17.8 Å². The number of aromatic nitrogens is 5. The largest absolute Gasteiger partial charge is 0.467 e. The number of carbonyl (C=O) groups is 1. The van der Waals surface area contributed by atoms with Crippen molar-refractivity contribution in [3.63, 3.8) is 0 Å². The topological polar surface area (TPSA) is 154 Å². The van der Waals surface area contributed by atoms with Crippen molar-refractivity contribution in [1.82, 2.24) is 24.3 Å². The van der Waals surface area contributed by atoms with Crippen molar-refractivity contribution in [3.8, 4) is 0 Å². The first-order chi connectivity index (χ1) is 16.5. The number of ether oxygens (including phenoxy) is 1. The lowest BCUT2D eigenvalue weighted by atomic mass is 10.1. The summed E-state index contributed by atoms with van der Waals surface area (Å²) >= 11 is 1.15. The maximum Gasteiger partial charge on any atom is 0.330 e. The minimum absolute atomic E-state index is 0.105. The Bertz CT molecular complexity index is 1240. The zero-order chi connectivity index (χ0) is 24.1. The molecular formula is C21H27N7O5S. The predicted molar refractivity (Wildman–Crippen MR) is 127 cm³/mol. The van der Waals surface area contributed by atoms with Gasteiger partial charge < -0.3 is 19.8 Å². The van der Waals surface area contributed by atoms with Crippen LogP contribution in [0.4, 0.5) is 11.8 Å². The van der Waals surface area contributed by atoms with Crippen LogP contribution in [0, 0.1) is 0 Å². The Morgan fingerprint density at radius 1 is 1.24 bits per heavy atom. The number of anilines is 2. The van der Waals surface area contributed by atoms with Gasteiger partial charge in [-0.3, -0.25) is 23.7 Å². The van der Waals surface area contributed by atoms with Gasteiger partial charge >= 0.3 is 5.69 Å². The van der Waals surface area contributed by atoms with Gasteiger partial charge in [0, 0.05) is 20.2 Å². The van der Waals surface area contributed by atoms with Gasteiger partial charge in [0.25, 0.3) is 5.56 Å². The first kappa shape index (κ1) is 23.8. The Labute approximate surface area is 199 Å². The summed E-state index contributed by atoms with van der Waals surface area (Å²) in [4.78, 5) is 41.8. The standard InChI is InChI=1S/C21H27N7O5S/c1-32-11-9-27-17(22)16(18(30)23-20(27)31)15(29)13-34-21-25-24-19(26-7-3-2-4-8-26)28(21)12-14-6-5-10-33-14/h5-6,10H,2-4,7-9,11-13,22H2,1H3,(H,23,30,31). The normalized spacial score (nSPS) is 14.0. The second-order valence-corrected chi connectivity index (χ2v) is 8.81. The third-order valence-electron chi connectivity index (χ3n) is 5.60. The van der Waals surface area contributed by atoms with Crippen molar-refractivity contribution in [3.05, 3.63) is 50.6 Å². The number of nitrogens with zero attached hydrogens (tertiary/aromatic N) is 5. The molecule has 0 saturated carbocycles. The number of aromatic amines is 1. The maximum atomic E-state index is 13.0. The van der Waals surface area contributed by atoms with Crippen LogP contribution < -0.4 is 21.9 Å². The van der Waals surface area contributed by atoms with Crippen LogP contribution in [0.15, 0.2) is 37.6 Å². The van der Waals surface area contributed by atoms with Crippen LogP contribution in [0.3, 0.4) is 0 Å². The number of carbonyl (C=O) groups excluding carboxylic acids is 1. The molecule has 0 atom stereocenters. The molecule has 1 fully saturated rings. The highest BCUT2D eigenvalue weighted by Gasteiger charge is 2.24. The number of thioether (sulfide) groups is 1. The van der Waals surface area contributed by atoms with Gasteiger partial charge in [-0.15, -0.1) is 10.2 Å². The predicted octanol–water partition coefficient (Wildman–Crippen LogP) is 0.963. The van der Waals surface area contributed by atoms with Crippen LogP contribution >= 0.6 is 11.8 Å². The van der Waals surface area contributed by atoms with E-state index in [0.29, 0.717) is 11.7 Å². The fraction of sp³-hybridized carbons (Fsp3) is 0.476. The molecule has 1 aliphatic heterocycles. The monoisotopic (exact) mass is 489 g/mol. The lowest BCUT2D eigenvalue weighted by Gasteiger charge is -2.27. The summed E-state index contributed by atoms with van der Waals surface area (Å²) in [5.74, 6) is 0.657. The molecule has 4 rings (SSSR count). The zero-order valence-electron chi connectivity index (χ0n) is 18.9. The number of hydrogen-bond acceptors (Lipinski definition) is 10. The molecular weight excluding hydrogens is 462 g/mol. The number of nitrogen functional groups attached to an aromatic ring is 1. The third-order valence-corrected chi connectivity index (χ3v) is 6.57. The Morgan fingerprint density at radius 2 is 2.03 bits per heavy atom. The number of H-pyrrole nitrogens is 1. The van der Waals surface area contributed by atoms with Gasteiger partial charge in [-0.25, -0.2) is 4.79 Å². The van der Waals surface area contributed by atoms with Crippen molar-refractivity contribution in [2.45, 2.75) is 37.5 Å². The first-order valence-electron chi connectivity index (χ1n) is 11.0. The molecule has 182 valence electrons. The molecule has 3 aromatic heterocycles. The van der Waals surface area contributed by atoms with Gasteiger partial charge in [-0.05, 0) is 31.4 Å². The first-order valence-corrected chi connectivity index (χ1v) is 12.0. The number of methoxy groups -OCH3 is 1. The van der Waals surface area contributed by atoms with Crippen LogP contribution in [-0.4, -0.2) is 62.7 Å². The molecule has 1 aliphatic rings. The average molecular weight is 490 g/mol. The minimum Gasteiger partial charge on any atom is -0.467 e. The number of rotatable bonds is 10. The Kier molecular flexibility index (Phi) is 7.53. The quantitative estimate of drug-likeness (QED) is 0.311. The summed E-state index contributed by atoms with van der Waals surface area (Å²) in [5.41, 5.74) is 4.27. The van der Waals surface area contributed by atoms with Crippen LogP contribution in [0.2, 0.25) is 0 Å². The van der Waals surface area contributed by atoms with Crippen LogP contribution in [0.1, 0.15) is 35.4 Å². The van der Waals surface area contributed by atoms with E-state index in [1.54, 1.807) is 6.26 Å². The Morgan fingerprint density at radius 3 is 2.74 bits per heavy atom. The number of ketones is 1. The molecule has 0 aromatic carbocycles. The van der Waals surface area contributed by atoms with Crippen molar-refractivity contribution in [2.24, 2.45) is 0 Å². The molecule has 13 heteroatoms. The van der Waals surface area contributed by atoms with Gasteiger partial charge in [-0.2, -0.15) is 0 Å². The molecule has 0 radical (unpaired) electrons. The molecule has 0 aliphatic carbocycles. The van der Waals surface area contributed by atoms with Gasteiger partial charge in [0.05, 0.1) is 31.7 Å². The molecule has 0 amide bonds. The highest BCUT2D eigenvalue weighted by molar-refractivity contribution is 7.99. The molecule has 4 heterocycles. The lowest BCUT2D eigenvalue weighted by Crippen LogP contribution is -2.37. The van der Waals surface area contributed by atoms with E-state index in [-0.39, 0.29) is 30.3 Å². The van der Waals surface area contributed by atoms with Crippen LogP contribution in [0.5, 0.6) is 0 Å². The van der Waals surface area contributed by atoms with Gasteiger partial charge in [-0.1, -0.05) is 11.8 Å². The van der Waals surface area contributed by atoms with E-state index in [9.17, 15) is 14.4 Å². The highest BCUT2D eigenvalue weighted by Crippen LogP contribution is 2.26. The fourth-order valence-electron chi connectivity index (χ4n) is 3.88. The molecule has 0 bridgehead atoms. The summed E-state index contributed by atoms with van der Waals surface area (Å²) < 4.78 is 13.5. The molecule has 34 heavy (non-hydrogen) atoms. The number of nitrogens with two attached hydrogens (primary N) is 1. The van der Waals surface area contributed by atoms with E-state index in [2.05, 4.69) is 20.1 Å². The SMILES string of the molecule is COCCn1c(N)c(C(=O)CSc2nnc(N3CCCCC3)n2Cc2ccco2)c(=O)[nH]c1=O. The fourth-order valence-corrected chi connectivity index (χ4v) is 4.68. The molecule has 3 N–H and O–H groups in total. The van der Waals surface area contributed by atoms with E-state index in [0.717, 1.165) is 54.0 Å². The van der Waals surface area contributed by atoms with Crippen molar-refractivity contribution >= 4 is 29.3 Å². The lowest BCUT2D eigenvalue weighted by molar-refractivity contribution is 0.102. The number of furan rings is 1. The summed E-state index contributed by atoms with van der Waals surface area (Å²) in [7, 11) is 1.48. The van der Waals surface area contributed by atoms with E-state index in [1.807, 2.05) is 16.7 Å². The number of hydrogen-bond donors (Lipinski definition) is 2. The Balaban J connectivity index is 1.57. The summed E-state index contributed by atoms with van der Waals surface area (Å²) in [6.45, 7) is 2.49. The number of nitrogens with one attached hydrogen (secondary N) is 1. The van der Waals surface area contributed by atoms with E-state index < -0.39 is 17.0 Å². The molecule has 3 aromatic rings. The smallest absolute Gasteiger partial charge is 0.330 e. The van der Waals surface area contributed by atoms with E-state index in [1.165, 1.54) is 13.5 Å². The van der Waals surface area contributed by atoms with Gasteiger partial charge in [0.15, 0.2) is 10.9 Å². The van der Waals surface area contributed by atoms with Gasteiger partial charge in [0.2, 0.25) is 5.95 Å². The summed E-state index contributed by atoms with van der Waals surface area (Å²) in [5, 5.41) is 9.21. The second kappa shape index (κ2) is 10.7. The van der Waals surface area contributed by atoms with Crippen molar-refractivity contribution in [1.29, 1.82) is 0 Å². The molecule has 12 nitrogen and oxygen atoms in total. The third kappa shape index (κ3) is 5.09. The van der Waals surface area contributed by atoms with Crippen molar-refractivity contribution in [2.75, 3.05) is 43.2 Å². The van der Waals surface area contributed by atoms with Crippen LogP contribution in [0.25, 0.3) is 0 Å². The summed E-state index contributed by atoms with van der Waals surface area (Å²) in [6, 6.07) is 3.67. The van der Waals surface area contributed by atoms with Crippen molar-refractivity contribution < 1.29 is 13.9 Å². The number of Topliss-reactive ketones (excluding diaryl/α,β-unsaturated/α-hetero) is 1. The van der Waals surface area contributed by atoms with E-state index in [4.69, 9.17) is 14.9 Å². The highest BCUT2D eigenvalue weighted by atomic mass is 32.2. The van der Waals surface area contributed by atoms with E-state index >= 15 is 0 Å². The summed E-state index contributed by atoms with van der Waals surface area (Å²) in [6.07, 6.45) is 4.94. The molecule has 1 saturated heterocycles. The Hall–Kier alpha value is -3.32.